The van der Waals surface area contributed by atoms with E-state index in [-0.39, 0.29) is 17.8 Å². The van der Waals surface area contributed by atoms with Gasteiger partial charge in [-0.25, -0.2) is 9.97 Å². The van der Waals surface area contributed by atoms with Gasteiger partial charge >= 0.3 is 5.97 Å². The first-order valence-electron chi connectivity index (χ1n) is 14.1. The fraction of sp³-hybridized carbons (Fsp3) is 0.419. The topological polar surface area (TPSA) is 78.9 Å². The van der Waals surface area contributed by atoms with Crippen LogP contribution >= 0.6 is 11.8 Å². The largest absolute Gasteiger partial charge is 0.466 e. The number of ether oxygens (including phenoxy) is 1. The summed E-state index contributed by atoms with van der Waals surface area (Å²) in [6.45, 7) is 7.23. The molecule has 0 radical (unpaired) electrons. The molecule has 2 aliphatic rings. The van der Waals surface area contributed by atoms with E-state index in [2.05, 4.69) is 35.0 Å². The normalized spacial score (nSPS) is 16.6. The molecule has 0 spiro atoms. The second-order valence-electron chi connectivity index (χ2n) is 10.4. The molecule has 2 fully saturated rings. The Morgan fingerprint density at radius 1 is 0.925 bits per heavy atom. The zero-order valence-corrected chi connectivity index (χ0v) is 24.1. The lowest BCUT2D eigenvalue weighted by molar-refractivity contribution is -0.149. The highest BCUT2D eigenvalue weighted by atomic mass is 32.2. The number of benzene rings is 2. The summed E-state index contributed by atoms with van der Waals surface area (Å²) >= 11 is 1.59. The van der Waals surface area contributed by atoms with Gasteiger partial charge in [-0.2, -0.15) is 0 Å². The van der Waals surface area contributed by atoms with E-state index in [0.717, 1.165) is 54.0 Å². The summed E-state index contributed by atoms with van der Waals surface area (Å²) < 4.78 is 5.16. The van der Waals surface area contributed by atoms with Crippen LogP contribution in [0, 0.1) is 5.92 Å². The van der Waals surface area contributed by atoms with E-state index >= 15 is 0 Å². The summed E-state index contributed by atoms with van der Waals surface area (Å²) in [7, 11) is 2.15. The first-order valence-corrected chi connectivity index (χ1v) is 15.0. The van der Waals surface area contributed by atoms with E-state index in [0.29, 0.717) is 43.9 Å². The first-order chi connectivity index (χ1) is 19.5. The van der Waals surface area contributed by atoms with Crippen LogP contribution in [-0.2, 0) is 15.3 Å². The molecule has 3 aromatic rings. The van der Waals surface area contributed by atoms with Gasteiger partial charge in [-0.3, -0.25) is 9.59 Å². The molecule has 0 aliphatic carbocycles. The molecular weight excluding hydrogens is 522 g/mol. The van der Waals surface area contributed by atoms with Crippen LogP contribution in [-0.4, -0.2) is 84.6 Å². The van der Waals surface area contributed by atoms with Crippen molar-refractivity contribution >= 4 is 29.5 Å². The summed E-state index contributed by atoms with van der Waals surface area (Å²) in [5, 5.41) is 0.730. The van der Waals surface area contributed by atoms with Crippen molar-refractivity contribution in [2.24, 2.45) is 5.92 Å². The average Bonchev–Trinajstić information content (AvgIpc) is 3.00. The van der Waals surface area contributed by atoms with Crippen molar-refractivity contribution in [3.8, 4) is 11.3 Å². The van der Waals surface area contributed by atoms with Crippen LogP contribution in [0.1, 0.15) is 35.7 Å². The smallest absolute Gasteiger partial charge is 0.309 e. The third kappa shape index (κ3) is 7.01. The Hall–Kier alpha value is -3.43. The zero-order valence-electron chi connectivity index (χ0n) is 23.3. The summed E-state index contributed by atoms with van der Waals surface area (Å²) in [5.41, 5.74) is 3.71. The minimum absolute atomic E-state index is 0.00818. The van der Waals surface area contributed by atoms with Crippen molar-refractivity contribution in [1.82, 2.24) is 19.8 Å². The van der Waals surface area contributed by atoms with Crippen LogP contribution < -0.4 is 4.90 Å². The number of likely N-dealkylation sites (tertiary alicyclic amines) is 1. The number of likely N-dealkylation sites (N-methyl/N-ethyl adjacent to an activating group) is 1. The molecule has 0 saturated carbocycles. The lowest BCUT2D eigenvalue weighted by Gasteiger charge is -2.33. The minimum Gasteiger partial charge on any atom is -0.466 e. The molecule has 2 aromatic carbocycles. The molecule has 9 heteroatoms. The molecule has 0 bridgehead atoms. The van der Waals surface area contributed by atoms with Crippen LogP contribution in [0.25, 0.3) is 11.3 Å². The number of esters is 1. The number of piperidine rings is 1. The number of carbonyl (C=O) groups is 2. The monoisotopic (exact) mass is 559 g/mol. The maximum absolute atomic E-state index is 13.2. The molecule has 2 aliphatic heterocycles. The van der Waals surface area contributed by atoms with Gasteiger partial charge in [0.15, 0.2) is 5.16 Å². The number of hydrogen-bond donors (Lipinski definition) is 0. The summed E-state index contributed by atoms with van der Waals surface area (Å²) in [5.74, 6) is 1.36. The number of piperazine rings is 1. The zero-order chi connectivity index (χ0) is 27.9. The molecule has 0 N–H and O–H groups in total. The van der Waals surface area contributed by atoms with Crippen molar-refractivity contribution in [1.29, 1.82) is 0 Å². The van der Waals surface area contributed by atoms with E-state index in [9.17, 15) is 9.59 Å². The summed E-state index contributed by atoms with van der Waals surface area (Å²) in [6.07, 6.45) is 1.29. The maximum atomic E-state index is 13.2. The third-order valence-corrected chi connectivity index (χ3v) is 8.45. The average molecular weight is 560 g/mol. The Morgan fingerprint density at radius 3 is 2.40 bits per heavy atom. The standard InChI is InChI=1S/C31H37N5O3S/c1-3-39-30(38)25-12-14-36(15-13-25)29(37)26-11-7-8-23(20-26)22-40-31-32-27(24-9-5-4-6-10-24)21-28(33-31)35-18-16-34(2)17-19-35/h4-11,20-21,25H,3,12-19,22H2,1-2H3. The van der Waals surface area contributed by atoms with Crippen LogP contribution in [0.3, 0.4) is 0 Å². The van der Waals surface area contributed by atoms with E-state index in [1.54, 1.807) is 11.8 Å². The van der Waals surface area contributed by atoms with Crippen LogP contribution in [0.2, 0.25) is 0 Å². The van der Waals surface area contributed by atoms with Crippen LogP contribution in [0.5, 0.6) is 0 Å². The van der Waals surface area contributed by atoms with Crippen molar-refractivity contribution in [3.05, 3.63) is 71.8 Å². The van der Waals surface area contributed by atoms with Crippen molar-refractivity contribution in [3.63, 3.8) is 0 Å². The predicted octanol–water partition coefficient (Wildman–Crippen LogP) is 4.60. The molecule has 1 aromatic heterocycles. The highest BCUT2D eigenvalue weighted by Gasteiger charge is 2.28. The highest BCUT2D eigenvalue weighted by Crippen LogP contribution is 2.28. The molecular formula is C31H37N5O3S. The second kappa shape index (κ2) is 13.3. The molecule has 0 atom stereocenters. The predicted molar refractivity (Wildman–Crippen MR) is 158 cm³/mol. The van der Waals surface area contributed by atoms with Gasteiger partial charge in [0, 0.05) is 62.2 Å². The van der Waals surface area contributed by atoms with Gasteiger partial charge in [-0.15, -0.1) is 0 Å². The second-order valence-corrected chi connectivity index (χ2v) is 11.3. The SMILES string of the molecule is CCOC(=O)C1CCN(C(=O)c2cccc(CSc3nc(-c4ccccc4)cc(N4CCN(C)CC4)n3)c2)CC1. The van der Waals surface area contributed by atoms with Gasteiger partial charge in [0.1, 0.15) is 5.82 Å². The molecule has 1 amide bonds. The van der Waals surface area contributed by atoms with E-state index in [1.165, 1.54) is 0 Å². The number of anilines is 1. The minimum atomic E-state index is -0.150. The van der Waals surface area contributed by atoms with Crippen molar-refractivity contribution in [2.45, 2.75) is 30.7 Å². The Morgan fingerprint density at radius 2 is 1.68 bits per heavy atom. The molecule has 0 unspecified atom stereocenters. The number of rotatable bonds is 8. The Balaban J connectivity index is 1.27. The van der Waals surface area contributed by atoms with Gasteiger partial charge in [-0.05, 0) is 44.5 Å². The summed E-state index contributed by atoms with van der Waals surface area (Å²) in [6, 6.07) is 20.1. The lowest BCUT2D eigenvalue weighted by atomic mass is 9.96. The molecule has 3 heterocycles. The van der Waals surface area contributed by atoms with E-state index in [1.807, 2.05) is 54.3 Å². The third-order valence-electron chi connectivity index (χ3n) is 7.53. The molecule has 2 saturated heterocycles. The molecule has 8 nitrogen and oxygen atoms in total. The van der Waals surface area contributed by atoms with E-state index in [4.69, 9.17) is 14.7 Å². The van der Waals surface area contributed by atoms with Crippen molar-refractivity contribution < 1.29 is 14.3 Å². The number of nitrogens with zero attached hydrogens (tertiary/aromatic N) is 5. The van der Waals surface area contributed by atoms with Gasteiger partial charge in [0.05, 0.1) is 18.2 Å². The Kier molecular flexibility index (Phi) is 9.34. The van der Waals surface area contributed by atoms with Crippen LogP contribution in [0.15, 0.2) is 65.8 Å². The molecule has 210 valence electrons. The fourth-order valence-electron chi connectivity index (χ4n) is 5.13. The number of hydrogen-bond acceptors (Lipinski definition) is 8. The van der Waals surface area contributed by atoms with Gasteiger partial charge < -0.3 is 19.4 Å². The first kappa shape index (κ1) is 28.1. The van der Waals surface area contributed by atoms with Crippen molar-refractivity contribution in [2.75, 3.05) is 57.8 Å². The Bertz CT molecular complexity index is 1310. The number of thioether (sulfide) groups is 1. The summed E-state index contributed by atoms with van der Waals surface area (Å²) in [4.78, 5) is 41.6. The van der Waals surface area contributed by atoms with E-state index < -0.39 is 0 Å². The lowest BCUT2D eigenvalue weighted by Crippen LogP contribution is -2.44. The Labute approximate surface area is 240 Å². The van der Waals surface area contributed by atoms with Gasteiger partial charge in [-0.1, -0.05) is 54.2 Å². The molecule has 40 heavy (non-hydrogen) atoms. The number of aromatic nitrogens is 2. The highest BCUT2D eigenvalue weighted by molar-refractivity contribution is 7.98. The fourth-order valence-corrected chi connectivity index (χ4v) is 5.93. The quantitative estimate of drug-likeness (QED) is 0.225. The van der Waals surface area contributed by atoms with Gasteiger partial charge in [0.25, 0.3) is 5.91 Å². The maximum Gasteiger partial charge on any atom is 0.309 e. The van der Waals surface area contributed by atoms with Gasteiger partial charge in [0.2, 0.25) is 0 Å². The molecule has 5 rings (SSSR count). The number of carbonyl (C=O) groups excluding carboxylic acids is 2. The number of amides is 1. The van der Waals surface area contributed by atoms with Crippen LogP contribution in [0.4, 0.5) is 5.82 Å².